The Bertz CT molecular complexity index is 615. The molecule has 1 unspecified atom stereocenters. The van der Waals surface area contributed by atoms with Crippen molar-refractivity contribution in [3.05, 3.63) is 64.4 Å². The third kappa shape index (κ3) is 3.96. The molecule has 2 aromatic rings. The summed E-state index contributed by atoms with van der Waals surface area (Å²) in [5.41, 5.74) is 1.68. The molecule has 4 heteroatoms. The highest BCUT2D eigenvalue weighted by molar-refractivity contribution is 6.31. The van der Waals surface area contributed by atoms with Crippen LogP contribution in [0.4, 0.5) is 4.39 Å². The van der Waals surface area contributed by atoms with E-state index in [0.717, 1.165) is 11.3 Å². The number of ether oxygens (including phenoxy) is 1. The van der Waals surface area contributed by atoms with E-state index in [-0.39, 0.29) is 18.0 Å². The van der Waals surface area contributed by atoms with Gasteiger partial charge >= 0.3 is 0 Å². The van der Waals surface area contributed by atoms with Gasteiger partial charge in [-0.3, -0.25) is 0 Å². The number of halogens is 2. The number of hydrogen-bond donors (Lipinski definition) is 1. The van der Waals surface area contributed by atoms with Crippen LogP contribution < -0.4 is 10.1 Å². The van der Waals surface area contributed by atoms with Crippen molar-refractivity contribution in [1.82, 2.24) is 5.32 Å². The zero-order valence-corrected chi connectivity index (χ0v) is 13.1. The lowest BCUT2D eigenvalue weighted by atomic mass is 9.98. The van der Waals surface area contributed by atoms with E-state index in [0.29, 0.717) is 10.6 Å². The van der Waals surface area contributed by atoms with Gasteiger partial charge in [-0.05, 0) is 62.4 Å². The van der Waals surface area contributed by atoms with Crippen LogP contribution in [0.15, 0.2) is 42.5 Å². The van der Waals surface area contributed by atoms with Gasteiger partial charge in [0.15, 0.2) is 0 Å². The van der Waals surface area contributed by atoms with Crippen LogP contribution in [0.3, 0.4) is 0 Å². The van der Waals surface area contributed by atoms with Gasteiger partial charge in [0.2, 0.25) is 0 Å². The number of hydrogen-bond acceptors (Lipinski definition) is 2. The highest BCUT2D eigenvalue weighted by Crippen LogP contribution is 2.30. The zero-order valence-electron chi connectivity index (χ0n) is 12.4. The molecule has 0 aromatic heterocycles. The number of nitrogens with one attached hydrogen (secondary N) is 1. The van der Waals surface area contributed by atoms with Crippen molar-refractivity contribution in [2.75, 3.05) is 7.05 Å². The number of rotatable bonds is 5. The van der Waals surface area contributed by atoms with Crippen LogP contribution in [-0.4, -0.2) is 13.2 Å². The summed E-state index contributed by atoms with van der Waals surface area (Å²) in [4.78, 5) is 0. The summed E-state index contributed by atoms with van der Waals surface area (Å²) in [6.07, 6.45) is 0.103. The van der Waals surface area contributed by atoms with E-state index in [2.05, 4.69) is 5.32 Å². The first-order valence-electron chi connectivity index (χ1n) is 6.90. The van der Waals surface area contributed by atoms with E-state index in [4.69, 9.17) is 16.3 Å². The Morgan fingerprint density at radius 2 is 1.90 bits per heavy atom. The van der Waals surface area contributed by atoms with Gasteiger partial charge in [-0.1, -0.05) is 23.7 Å². The average Bonchev–Trinajstić information content (AvgIpc) is 2.43. The topological polar surface area (TPSA) is 21.3 Å². The molecule has 0 aliphatic rings. The summed E-state index contributed by atoms with van der Waals surface area (Å²) in [6.45, 7) is 3.96. The normalized spacial score (nSPS) is 12.5. The van der Waals surface area contributed by atoms with Crippen LogP contribution in [0.25, 0.3) is 0 Å². The largest absolute Gasteiger partial charge is 0.491 e. The van der Waals surface area contributed by atoms with Crippen LogP contribution in [0.2, 0.25) is 5.02 Å². The Hall–Kier alpha value is -1.58. The van der Waals surface area contributed by atoms with Crippen LogP contribution in [0.1, 0.15) is 31.0 Å². The molecule has 112 valence electrons. The first kappa shape index (κ1) is 15.8. The maximum Gasteiger partial charge on any atom is 0.123 e. The fourth-order valence-corrected chi connectivity index (χ4v) is 2.50. The maximum absolute atomic E-state index is 13.5. The first-order chi connectivity index (χ1) is 10.0. The van der Waals surface area contributed by atoms with Gasteiger partial charge in [-0.15, -0.1) is 0 Å². The standard InChI is InChI=1S/C17H19ClFNO/c1-11(2)21-14-6-4-5-12(9-14)17(20-3)15-10-13(19)7-8-16(15)18/h4-11,17,20H,1-3H3. The van der Waals surface area contributed by atoms with Gasteiger partial charge in [0.05, 0.1) is 12.1 Å². The minimum atomic E-state index is -0.302. The van der Waals surface area contributed by atoms with Gasteiger partial charge in [-0.25, -0.2) is 4.39 Å². The summed E-state index contributed by atoms with van der Waals surface area (Å²) >= 11 is 6.21. The van der Waals surface area contributed by atoms with Crippen molar-refractivity contribution in [3.8, 4) is 5.75 Å². The van der Waals surface area contributed by atoms with E-state index >= 15 is 0 Å². The van der Waals surface area contributed by atoms with Gasteiger partial charge in [0.1, 0.15) is 11.6 Å². The molecule has 0 bridgehead atoms. The summed E-state index contributed by atoms with van der Waals surface area (Å²) in [6, 6.07) is 11.9. The Morgan fingerprint density at radius 1 is 1.14 bits per heavy atom. The van der Waals surface area contributed by atoms with E-state index in [1.807, 2.05) is 45.2 Å². The second-order valence-corrected chi connectivity index (χ2v) is 5.53. The summed E-state index contributed by atoms with van der Waals surface area (Å²) in [5.74, 6) is 0.486. The monoisotopic (exact) mass is 307 g/mol. The smallest absolute Gasteiger partial charge is 0.123 e. The molecule has 0 saturated heterocycles. The molecular weight excluding hydrogens is 289 g/mol. The molecule has 0 radical (unpaired) electrons. The minimum Gasteiger partial charge on any atom is -0.491 e. The van der Waals surface area contributed by atoms with Gasteiger partial charge in [0, 0.05) is 5.02 Å². The summed E-state index contributed by atoms with van der Waals surface area (Å²) in [5, 5.41) is 3.71. The second kappa shape index (κ2) is 6.92. The van der Waals surface area contributed by atoms with Gasteiger partial charge in [-0.2, -0.15) is 0 Å². The van der Waals surface area contributed by atoms with E-state index < -0.39 is 0 Å². The average molecular weight is 308 g/mol. The van der Waals surface area contributed by atoms with E-state index in [1.54, 1.807) is 6.07 Å². The molecule has 0 saturated carbocycles. The zero-order chi connectivity index (χ0) is 15.4. The Morgan fingerprint density at radius 3 is 2.57 bits per heavy atom. The SMILES string of the molecule is CNC(c1cccc(OC(C)C)c1)c1cc(F)ccc1Cl. The molecule has 2 rings (SSSR count). The first-order valence-corrected chi connectivity index (χ1v) is 7.28. The molecule has 2 nitrogen and oxygen atoms in total. The Labute approximate surface area is 129 Å². The van der Waals surface area contributed by atoms with Crippen molar-refractivity contribution in [2.45, 2.75) is 26.0 Å². The van der Waals surface area contributed by atoms with Crippen molar-refractivity contribution < 1.29 is 9.13 Å². The molecule has 2 aromatic carbocycles. The highest BCUT2D eigenvalue weighted by atomic mass is 35.5. The van der Waals surface area contributed by atoms with Crippen molar-refractivity contribution in [2.24, 2.45) is 0 Å². The summed E-state index contributed by atoms with van der Waals surface area (Å²) in [7, 11) is 1.82. The molecular formula is C17H19ClFNO. The Balaban J connectivity index is 2.39. The van der Waals surface area contributed by atoms with Crippen LogP contribution in [0.5, 0.6) is 5.75 Å². The van der Waals surface area contributed by atoms with E-state index in [1.165, 1.54) is 12.1 Å². The quantitative estimate of drug-likeness (QED) is 0.873. The number of benzene rings is 2. The second-order valence-electron chi connectivity index (χ2n) is 5.13. The fraction of sp³-hybridized carbons (Fsp3) is 0.294. The van der Waals surface area contributed by atoms with Crippen molar-refractivity contribution in [1.29, 1.82) is 0 Å². The van der Waals surface area contributed by atoms with Crippen LogP contribution in [-0.2, 0) is 0 Å². The lowest BCUT2D eigenvalue weighted by Crippen LogP contribution is -2.18. The molecule has 0 amide bonds. The minimum absolute atomic E-state index is 0.103. The lowest BCUT2D eigenvalue weighted by molar-refractivity contribution is 0.242. The molecule has 0 heterocycles. The van der Waals surface area contributed by atoms with Crippen LogP contribution >= 0.6 is 11.6 Å². The molecule has 1 atom stereocenters. The Kier molecular flexibility index (Phi) is 5.21. The van der Waals surface area contributed by atoms with Crippen molar-refractivity contribution in [3.63, 3.8) is 0 Å². The lowest BCUT2D eigenvalue weighted by Gasteiger charge is -2.20. The summed E-state index contributed by atoms with van der Waals surface area (Å²) < 4.78 is 19.2. The molecule has 21 heavy (non-hydrogen) atoms. The maximum atomic E-state index is 13.5. The molecule has 1 N–H and O–H groups in total. The predicted octanol–water partition coefficient (Wildman–Crippen LogP) is 4.58. The molecule has 0 aliphatic carbocycles. The van der Waals surface area contributed by atoms with Gasteiger partial charge < -0.3 is 10.1 Å². The molecule has 0 fully saturated rings. The van der Waals surface area contributed by atoms with E-state index in [9.17, 15) is 4.39 Å². The molecule has 0 spiro atoms. The third-order valence-electron chi connectivity index (χ3n) is 3.12. The van der Waals surface area contributed by atoms with Gasteiger partial charge in [0.25, 0.3) is 0 Å². The third-order valence-corrected chi connectivity index (χ3v) is 3.47. The van der Waals surface area contributed by atoms with Crippen molar-refractivity contribution >= 4 is 11.6 Å². The highest BCUT2D eigenvalue weighted by Gasteiger charge is 2.16. The predicted molar refractivity (Wildman–Crippen MR) is 84.5 cm³/mol. The molecule has 0 aliphatic heterocycles. The van der Waals surface area contributed by atoms with Crippen LogP contribution in [0, 0.1) is 5.82 Å². The fourth-order valence-electron chi connectivity index (χ4n) is 2.28.